The third-order valence-corrected chi connectivity index (χ3v) is 6.61. The molecule has 0 N–H and O–H groups in total. The number of amides is 2. The van der Waals surface area contributed by atoms with E-state index >= 15 is 0 Å². The second kappa shape index (κ2) is 9.02. The van der Waals surface area contributed by atoms with Gasteiger partial charge in [-0.05, 0) is 6.92 Å². The van der Waals surface area contributed by atoms with Gasteiger partial charge in [0.1, 0.15) is 5.01 Å². The highest BCUT2D eigenvalue weighted by Gasteiger charge is 2.30. The zero-order valence-electron chi connectivity index (χ0n) is 16.7. The Balaban J connectivity index is 1.31. The number of carbonyl (C=O) groups is 2. The van der Waals surface area contributed by atoms with Crippen LogP contribution in [0.25, 0.3) is 10.6 Å². The number of thiazole rings is 1. The van der Waals surface area contributed by atoms with Gasteiger partial charge in [-0.15, -0.1) is 11.3 Å². The van der Waals surface area contributed by atoms with Crippen molar-refractivity contribution in [3.63, 3.8) is 0 Å². The van der Waals surface area contributed by atoms with Crippen LogP contribution in [0.2, 0.25) is 0 Å². The number of hydrogen-bond donors (Lipinski definition) is 0. The van der Waals surface area contributed by atoms with E-state index in [4.69, 9.17) is 9.72 Å². The molecule has 0 bridgehead atoms. The Morgan fingerprint density at radius 1 is 0.966 bits per heavy atom. The van der Waals surface area contributed by atoms with Crippen LogP contribution in [-0.4, -0.2) is 84.0 Å². The molecule has 2 aromatic rings. The second-order valence-electron chi connectivity index (χ2n) is 7.37. The average molecular weight is 415 g/mol. The van der Waals surface area contributed by atoms with E-state index in [1.54, 1.807) is 21.1 Å². The molecule has 154 valence electrons. The van der Waals surface area contributed by atoms with E-state index in [1.807, 2.05) is 18.2 Å². The third-order valence-electron chi connectivity index (χ3n) is 5.42. The molecule has 2 aliphatic heterocycles. The van der Waals surface area contributed by atoms with Crippen LogP contribution >= 0.6 is 11.3 Å². The molecule has 0 atom stereocenters. The fourth-order valence-corrected chi connectivity index (χ4v) is 4.74. The van der Waals surface area contributed by atoms with E-state index in [0.29, 0.717) is 39.4 Å². The Morgan fingerprint density at radius 3 is 2.24 bits per heavy atom. The quantitative estimate of drug-likeness (QED) is 0.714. The first-order valence-electron chi connectivity index (χ1n) is 10.0. The molecule has 3 heterocycles. The highest BCUT2D eigenvalue weighted by Crippen LogP contribution is 2.28. The molecule has 2 saturated heterocycles. The lowest BCUT2D eigenvalue weighted by Gasteiger charge is -2.35. The molecule has 0 radical (unpaired) electrons. The first kappa shape index (κ1) is 20.0. The molecule has 2 aliphatic rings. The number of hydrogen-bond acceptors (Lipinski definition) is 6. The Bertz CT molecular complexity index is 856. The van der Waals surface area contributed by atoms with Crippen LogP contribution in [-0.2, 0) is 20.9 Å². The van der Waals surface area contributed by atoms with Crippen molar-refractivity contribution in [3.05, 3.63) is 40.9 Å². The number of benzene rings is 1. The zero-order chi connectivity index (χ0) is 20.2. The van der Waals surface area contributed by atoms with Gasteiger partial charge in [-0.2, -0.15) is 0 Å². The number of piperazine rings is 1. The number of nitrogens with zero attached hydrogens (tertiary/aromatic N) is 4. The number of aromatic nitrogens is 1. The fraction of sp³-hybridized carbons (Fsp3) is 0.476. The smallest absolute Gasteiger partial charge is 0.312 e. The van der Waals surface area contributed by atoms with Crippen molar-refractivity contribution in [1.82, 2.24) is 19.7 Å². The monoisotopic (exact) mass is 414 g/mol. The molecule has 1 aromatic heterocycles. The van der Waals surface area contributed by atoms with Crippen molar-refractivity contribution in [2.24, 2.45) is 0 Å². The molecule has 29 heavy (non-hydrogen) atoms. The zero-order valence-corrected chi connectivity index (χ0v) is 17.5. The minimum absolute atomic E-state index is 0.383. The maximum Gasteiger partial charge on any atom is 0.312 e. The molecule has 8 heteroatoms. The van der Waals surface area contributed by atoms with Crippen molar-refractivity contribution >= 4 is 23.2 Å². The van der Waals surface area contributed by atoms with E-state index in [-0.39, 0.29) is 5.91 Å². The summed E-state index contributed by atoms with van der Waals surface area (Å²) in [6, 6.07) is 10.2. The molecule has 4 rings (SSSR count). The van der Waals surface area contributed by atoms with Gasteiger partial charge in [0.25, 0.3) is 0 Å². The van der Waals surface area contributed by atoms with Gasteiger partial charge < -0.3 is 14.5 Å². The fourth-order valence-electron chi connectivity index (χ4n) is 3.63. The standard InChI is InChI=1S/C21H26N4O3S/c1-16-18(29-19(22-16)17-5-3-2-4-6-17)15-23-7-9-24(10-8-23)20(26)21(27)25-11-13-28-14-12-25/h2-6H,7-15H2,1H3. The van der Waals surface area contributed by atoms with Crippen molar-refractivity contribution in [2.45, 2.75) is 13.5 Å². The first-order valence-corrected chi connectivity index (χ1v) is 10.8. The lowest BCUT2D eigenvalue weighted by Crippen LogP contribution is -2.54. The van der Waals surface area contributed by atoms with Crippen LogP contribution in [0.4, 0.5) is 0 Å². The Labute approximate surface area is 174 Å². The van der Waals surface area contributed by atoms with Crippen LogP contribution in [0, 0.1) is 6.92 Å². The largest absolute Gasteiger partial charge is 0.378 e. The van der Waals surface area contributed by atoms with Gasteiger partial charge in [0, 0.05) is 56.3 Å². The minimum atomic E-state index is -0.396. The van der Waals surface area contributed by atoms with Crippen molar-refractivity contribution in [2.75, 3.05) is 52.5 Å². The lowest BCUT2D eigenvalue weighted by molar-refractivity contribution is -0.155. The summed E-state index contributed by atoms with van der Waals surface area (Å²) in [6.45, 7) is 7.58. The van der Waals surface area contributed by atoms with Gasteiger partial charge >= 0.3 is 11.8 Å². The molecule has 0 saturated carbocycles. The van der Waals surface area contributed by atoms with Crippen LogP contribution in [0.5, 0.6) is 0 Å². The molecule has 2 amide bonds. The van der Waals surface area contributed by atoms with E-state index < -0.39 is 5.91 Å². The van der Waals surface area contributed by atoms with Gasteiger partial charge in [-0.3, -0.25) is 14.5 Å². The molecule has 7 nitrogen and oxygen atoms in total. The number of rotatable bonds is 3. The summed E-state index contributed by atoms with van der Waals surface area (Å²) in [5, 5.41) is 1.04. The number of aryl methyl sites for hydroxylation is 1. The van der Waals surface area contributed by atoms with E-state index in [2.05, 4.69) is 24.0 Å². The molecular weight excluding hydrogens is 388 g/mol. The van der Waals surface area contributed by atoms with Crippen molar-refractivity contribution < 1.29 is 14.3 Å². The molecule has 0 unspecified atom stereocenters. The van der Waals surface area contributed by atoms with Gasteiger partial charge in [0.2, 0.25) is 0 Å². The second-order valence-corrected chi connectivity index (χ2v) is 8.45. The third kappa shape index (κ3) is 4.66. The highest BCUT2D eigenvalue weighted by atomic mass is 32.1. The number of ether oxygens (including phenoxy) is 1. The maximum atomic E-state index is 12.5. The molecule has 0 aliphatic carbocycles. The predicted octanol–water partition coefficient (Wildman–Crippen LogP) is 1.62. The van der Waals surface area contributed by atoms with E-state index in [0.717, 1.165) is 35.9 Å². The summed E-state index contributed by atoms with van der Waals surface area (Å²) in [5.74, 6) is -0.778. The molecular formula is C21H26N4O3S. The normalized spacial score (nSPS) is 18.1. The number of morpholine rings is 1. The Morgan fingerprint density at radius 2 is 1.59 bits per heavy atom. The summed E-state index contributed by atoms with van der Waals surface area (Å²) >= 11 is 1.73. The van der Waals surface area contributed by atoms with Gasteiger partial charge in [-0.1, -0.05) is 30.3 Å². The minimum Gasteiger partial charge on any atom is -0.378 e. The molecule has 1 aromatic carbocycles. The van der Waals surface area contributed by atoms with Gasteiger partial charge in [0.05, 0.1) is 18.9 Å². The first-order chi connectivity index (χ1) is 14.1. The van der Waals surface area contributed by atoms with Gasteiger partial charge in [-0.25, -0.2) is 4.98 Å². The summed E-state index contributed by atoms with van der Waals surface area (Å²) in [6.07, 6.45) is 0. The van der Waals surface area contributed by atoms with Crippen LogP contribution in [0.3, 0.4) is 0 Å². The predicted molar refractivity (Wildman–Crippen MR) is 112 cm³/mol. The van der Waals surface area contributed by atoms with E-state index in [1.165, 1.54) is 4.88 Å². The topological polar surface area (TPSA) is 66.0 Å². The number of carbonyl (C=O) groups excluding carboxylic acids is 2. The maximum absolute atomic E-state index is 12.5. The van der Waals surface area contributed by atoms with Crippen LogP contribution in [0.1, 0.15) is 10.6 Å². The molecule has 2 fully saturated rings. The summed E-state index contributed by atoms with van der Waals surface area (Å²) in [4.78, 5) is 36.6. The molecule has 0 spiro atoms. The summed E-state index contributed by atoms with van der Waals surface area (Å²) in [7, 11) is 0. The van der Waals surface area contributed by atoms with Crippen LogP contribution < -0.4 is 0 Å². The summed E-state index contributed by atoms with van der Waals surface area (Å²) < 4.78 is 5.26. The van der Waals surface area contributed by atoms with Crippen molar-refractivity contribution in [1.29, 1.82) is 0 Å². The van der Waals surface area contributed by atoms with E-state index in [9.17, 15) is 9.59 Å². The average Bonchev–Trinajstić information content (AvgIpc) is 3.14. The Kier molecular flexibility index (Phi) is 6.22. The van der Waals surface area contributed by atoms with Crippen molar-refractivity contribution in [3.8, 4) is 10.6 Å². The van der Waals surface area contributed by atoms with Gasteiger partial charge in [0.15, 0.2) is 0 Å². The SMILES string of the molecule is Cc1nc(-c2ccccc2)sc1CN1CCN(C(=O)C(=O)N2CCOCC2)CC1. The highest BCUT2D eigenvalue weighted by molar-refractivity contribution is 7.15. The van der Waals surface area contributed by atoms with Crippen LogP contribution in [0.15, 0.2) is 30.3 Å². The Hall–Kier alpha value is -2.29. The summed E-state index contributed by atoms with van der Waals surface area (Å²) in [5.41, 5.74) is 2.21. The lowest BCUT2D eigenvalue weighted by atomic mass is 10.2.